The summed E-state index contributed by atoms with van der Waals surface area (Å²) in [7, 11) is 1.72. The summed E-state index contributed by atoms with van der Waals surface area (Å²) in [5, 5.41) is 11.4. The van der Waals surface area contributed by atoms with Gasteiger partial charge in [-0.2, -0.15) is 22.0 Å². The fourth-order valence-corrected chi connectivity index (χ4v) is 8.84. The van der Waals surface area contributed by atoms with E-state index in [1.165, 1.54) is 6.92 Å². The largest absolute Gasteiger partial charge is 0.456 e. The minimum atomic E-state index is -5.89. The molecule has 0 saturated heterocycles. The molecular weight excluding hydrogens is 589 g/mol. The molecule has 9 heteroatoms. The third kappa shape index (κ3) is 5.06. The first-order valence-corrected chi connectivity index (χ1v) is 15.7. The zero-order valence-electron chi connectivity index (χ0n) is 25.5. The Morgan fingerprint density at radius 2 is 1.67 bits per heavy atom. The molecule has 0 aromatic heterocycles. The zero-order chi connectivity index (χ0) is 32.4. The molecule has 0 aliphatic heterocycles. The van der Waals surface area contributed by atoms with Crippen molar-refractivity contribution in [2.45, 2.75) is 81.9 Å². The van der Waals surface area contributed by atoms with E-state index in [1.807, 2.05) is 30.3 Å². The normalized spacial score (nSPS) is 29.9. The monoisotopic (exact) mass is 627 g/mol. The minimum Gasteiger partial charge on any atom is -0.383 e. The highest BCUT2D eigenvalue weighted by atomic mass is 19.4. The van der Waals surface area contributed by atoms with Crippen molar-refractivity contribution < 1.29 is 36.6 Å². The van der Waals surface area contributed by atoms with E-state index in [0.29, 0.717) is 49.8 Å². The fourth-order valence-electron chi connectivity index (χ4n) is 8.84. The van der Waals surface area contributed by atoms with Gasteiger partial charge in [0.05, 0.1) is 0 Å². The third-order valence-corrected chi connectivity index (χ3v) is 11.2. The van der Waals surface area contributed by atoms with Crippen molar-refractivity contribution in [1.82, 2.24) is 4.90 Å². The maximum Gasteiger partial charge on any atom is 0.456 e. The molecule has 2 aromatic carbocycles. The van der Waals surface area contributed by atoms with Crippen LogP contribution in [0.2, 0.25) is 0 Å². The molecule has 45 heavy (non-hydrogen) atoms. The van der Waals surface area contributed by atoms with E-state index < -0.39 is 41.4 Å². The number of allylic oxidation sites excluding steroid dienone is 4. The van der Waals surface area contributed by atoms with Crippen LogP contribution in [0, 0.1) is 17.3 Å². The summed E-state index contributed by atoms with van der Waals surface area (Å²) in [5.74, 6) is -6.83. The molecule has 2 saturated carbocycles. The van der Waals surface area contributed by atoms with Crippen LogP contribution in [0.4, 0.5) is 22.0 Å². The molecule has 1 N–H and O–H groups in total. The number of carbonyl (C=O) groups excluding carboxylic acids is 2. The van der Waals surface area contributed by atoms with Crippen molar-refractivity contribution in [2.75, 3.05) is 13.6 Å². The Kier molecular flexibility index (Phi) is 7.86. The van der Waals surface area contributed by atoms with Crippen LogP contribution in [-0.2, 0) is 11.2 Å². The molecule has 240 valence electrons. The summed E-state index contributed by atoms with van der Waals surface area (Å²) in [6.07, 6.45) is -2.34. The van der Waals surface area contributed by atoms with E-state index in [1.54, 1.807) is 42.3 Å². The van der Waals surface area contributed by atoms with Crippen molar-refractivity contribution in [1.29, 1.82) is 0 Å². The standard InChI is InChI=1S/C36H38F5NO3/c1-33-21-29(23-8-10-24(11-9-23)32(44)42(2)19-17-22-6-4-3-5-7-22)31-27-15-13-26(43)20-25(27)12-14-28(31)30(33)16-18-34(33,45)35(37,38)36(39,40)41/h3-11,20,28-30,45H,12-19,21H2,1-2H3/t28?,29-,30?,33+,34-/m1/s1. The van der Waals surface area contributed by atoms with E-state index >= 15 is 8.78 Å². The number of hydrogen-bond acceptors (Lipinski definition) is 3. The first-order chi connectivity index (χ1) is 21.2. The molecule has 4 aliphatic rings. The highest BCUT2D eigenvalue weighted by molar-refractivity contribution is 5.94. The number of amides is 1. The second-order valence-corrected chi connectivity index (χ2v) is 13.6. The SMILES string of the molecule is CN(CCc1ccccc1)C(=O)c1ccc([C@H]2C[C@@]3(C)C(CC[C@]3(O)C(F)(F)C(F)(F)F)C3CCC4=CC(=O)CCC4=C32)cc1. The second kappa shape index (κ2) is 11.2. The van der Waals surface area contributed by atoms with Crippen molar-refractivity contribution in [2.24, 2.45) is 17.3 Å². The van der Waals surface area contributed by atoms with Crippen LogP contribution in [0.15, 0.2) is 77.4 Å². The van der Waals surface area contributed by atoms with Crippen LogP contribution in [0.3, 0.4) is 0 Å². The lowest BCUT2D eigenvalue weighted by Gasteiger charge is -2.56. The Hall–Kier alpha value is -3.33. The number of fused-ring (bicyclic) bond motifs is 4. The number of carbonyl (C=O) groups is 2. The van der Waals surface area contributed by atoms with Gasteiger partial charge in [0.15, 0.2) is 5.78 Å². The van der Waals surface area contributed by atoms with Gasteiger partial charge in [-0.1, -0.05) is 55.0 Å². The number of aliphatic hydroxyl groups is 1. The number of halogens is 5. The number of benzene rings is 2. The predicted molar refractivity (Wildman–Crippen MR) is 160 cm³/mol. The number of nitrogens with zero attached hydrogens (tertiary/aromatic N) is 1. The molecule has 2 fully saturated rings. The summed E-state index contributed by atoms with van der Waals surface area (Å²) >= 11 is 0. The van der Waals surface area contributed by atoms with Crippen LogP contribution in [0.5, 0.6) is 0 Å². The Morgan fingerprint density at radius 1 is 0.978 bits per heavy atom. The van der Waals surface area contributed by atoms with E-state index in [-0.39, 0.29) is 30.4 Å². The van der Waals surface area contributed by atoms with Gasteiger partial charge in [0.25, 0.3) is 5.91 Å². The van der Waals surface area contributed by atoms with Gasteiger partial charge >= 0.3 is 12.1 Å². The van der Waals surface area contributed by atoms with Crippen molar-refractivity contribution in [3.8, 4) is 0 Å². The van der Waals surface area contributed by atoms with Crippen LogP contribution in [0.1, 0.15) is 79.3 Å². The van der Waals surface area contributed by atoms with Gasteiger partial charge in [-0.3, -0.25) is 9.59 Å². The average Bonchev–Trinajstić information content (AvgIpc) is 3.30. The topological polar surface area (TPSA) is 57.6 Å². The first kappa shape index (κ1) is 31.6. The Balaban J connectivity index is 1.36. The average molecular weight is 628 g/mol. The Bertz CT molecular complexity index is 1550. The molecule has 0 heterocycles. The lowest BCUT2D eigenvalue weighted by Crippen LogP contribution is -2.65. The smallest absolute Gasteiger partial charge is 0.383 e. The van der Waals surface area contributed by atoms with E-state index in [9.17, 15) is 27.9 Å². The maximum atomic E-state index is 15.2. The molecule has 2 unspecified atom stereocenters. The molecule has 0 bridgehead atoms. The summed E-state index contributed by atoms with van der Waals surface area (Å²) in [6.45, 7) is 1.92. The molecule has 0 radical (unpaired) electrons. The number of rotatable bonds is 6. The summed E-state index contributed by atoms with van der Waals surface area (Å²) < 4.78 is 71.9. The predicted octanol–water partition coefficient (Wildman–Crippen LogP) is 7.83. The molecule has 2 aromatic rings. The van der Waals surface area contributed by atoms with Gasteiger partial charge in [0.1, 0.15) is 5.60 Å². The number of ketones is 1. The number of likely N-dealkylation sites (N-methyl/N-ethyl adjacent to an activating group) is 1. The number of hydrogen-bond donors (Lipinski definition) is 1. The van der Waals surface area contributed by atoms with Gasteiger partial charge < -0.3 is 10.0 Å². The van der Waals surface area contributed by atoms with E-state index in [2.05, 4.69) is 0 Å². The number of alkyl halides is 5. The maximum absolute atomic E-state index is 15.2. The minimum absolute atomic E-state index is 0.0318. The molecule has 6 rings (SSSR count). The van der Waals surface area contributed by atoms with Crippen LogP contribution >= 0.6 is 0 Å². The molecular formula is C36H38F5NO3. The van der Waals surface area contributed by atoms with Gasteiger partial charge in [0.2, 0.25) is 0 Å². The van der Waals surface area contributed by atoms with Crippen LogP contribution in [0.25, 0.3) is 0 Å². The lowest BCUT2D eigenvalue weighted by atomic mass is 9.50. The molecule has 4 aliphatic carbocycles. The second-order valence-electron chi connectivity index (χ2n) is 13.6. The Labute approximate surface area is 260 Å². The first-order valence-electron chi connectivity index (χ1n) is 15.7. The fraction of sp³-hybridized carbons (Fsp3) is 0.500. The molecule has 5 atom stereocenters. The Morgan fingerprint density at radius 3 is 2.33 bits per heavy atom. The van der Waals surface area contributed by atoms with Crippen molar-refractivity contribution >= 4 is 11.7 Å². The van der Waals surface area contributed by atoms with Crippen molar-refractivity contribution in [3.63, 3.8) is 0 Å². The van der Waals surface area contributed by atoms with Crippen molar-refractivity contribution in [3.05, 3.63) is 94.1 Å². The molecule has 0 spiro atoms. The van der Waals surface area contributed by atoms with Crippen LogP contribution < -0.4 is 0 Å². The molecule has 4 nitrogen and oxygen atoms in total. The lowest BCUT2D eigenvalue weighted by molar-refractivity contribution is -0.362. The highest BCUT2D eigenvalue weighted by Gasteiger charge is 2.79. The summed E-state index contributed by atoms with van der Waals surface area (Å²) in [5.41, 5.74) is 0.209. The third-order valence-electron chi connectivity index (χ3n) is 11.2. The zero-order valence-corrected chi connectivity index (χ0v) is 25.5. The van der Waals surface area contributed by atoms with E-state index in [0.717, 1.165) is 22.3 Å². The van der Waals surface area contributed by atoms with Gasteiger partial charge in [-0.15, -0.1) is 0 Å². The van der Waals surface area contributed by atoms with Crippen LogP contribution in [-0.4, -0.2) is 53.0 Å². The molecule has 1 amide bonds. The van der Waals surface area contributed by atoms with Gasteiger partial charge in [-0.25, -0.2) is 0 Å². The van der Waals surface area contributed by atoms with Gasteiger partial charge in [-0.05, 0) is 97.3 Å². The highest BCUT2D eigenvalue weighted by Crippen LogP contribution is 2.70. The summed E-state index contributed by atoms with van der Waals surface area (Å²) in [6, 6.07) is 16.7. The van der Waals surface area contributed by atoms with E-state index in [4.69, 9.17) is 0 Å². The quantitative estimate of drug-likeness (QED) is 0.332. The van der Waals surface area contributed by atoms with Gasteiger partial charge in [0, 0.05) is 36.9 Å². The summed E-state index contributed by atoms with van der Waals surface area (Å²) in [4.78, 5) is 27.2.